The molecule has 0 spiro atoms. The minimum absolute atomic E-state index is 0.108. The minimum Gasteiger partial charge on any atom is -0.212 e. The zero-order valence-corrected chi connectivity index (χ0v) is 9.35. The summed E-state index contributed by atoms with van der Waals surface area (Å²) in [7, 11) is 1.69. The molecule has 1 aromatic carbocycles. The van der Waals surface area contributed by atoms with E-state index in [0.717, 1.165) is 11.1 Å². The van der Waals surface area contributed by atoms with Crippen LogP contribution >= 0.6 is 10.7 Å². The third-order valence-corrected chi connectivity index (χ3v) is 2.74. The highest BCUT2D eigenvalue weighted by atomic mass is 35.7. The Morgan fingerprint density at radius 2 is 1.93 bits per heavy atom. The molecule has 0 aliphatic rings. The fourth-order valence-electron chi connectivity index (χ4n) is 1.15. The fourth-order valence-corrected chi connectivity index (χ4v) is 2.29. The highest BCUT2D eigenvalue weighted by Crippen LogP contribution is 2.09. The lowest BCUT2D eigenvalue weighted by Crippen LogP contribution is -1.97. The molecule has 0 unspecified atom stereocenters. The molecule has 0 aromatic heterocycles. The summed E-state index contributed by atoms with van der Waals surface area (Å²) < 4.78 is 21.5. The van der Waals surface area contributed by atoms with Crippen molar-refractivity contribution in [1.82, 2.24) is 0 Å². The summed E-state index contributed by atoms with van der Waals surface area (Å²) in [6.45, 7) is 1.74. The van der Waals surface area contributed by atoms with Gasteiger partial charge in [0.05, 0.1) is 5.75 Å². The Balaban J connectivity index is 2.80. The van der Waals surface area contributed by atoms with Crippen LogP contribution in [0.5, 0.6) is 0 Å². The zero-order chi connectivity index (χ0) is 10.6. The van der Waals surface area contributed by atoms with Gasteiger partial charge in [-0.1, -0.05) is 42.0 Å². The number of halogens is 1. The van der Waals surface area contributed by atoms with E-state index in [-0.39, 0.29) is 5.75 Å². The lowest BCUT2D eigenvalue weighted by Gasteiger charge is -1.97. The summed E-state index contributed by atoms with van der Waals surface area (Å²) in [5.74, 6) is -0.108. The normalized spacial score (nSPS) is 12.9. The summed E-state index contributed by atoms with van der Waals surface area (Å²) in [5, 5.41) is 0. The highest BCUT2D eigenvalue weighted by Gasteiger charge is 2.05. The van der Waals surface area contributed by atoms with Gasteiger partial charge in [0.1, 0.15) is 0 Å². The van der Waals surface area contributed by atoms with E-state index in [4.69, 9.17) is 10.7 Å². The number of hydrogen-bond acceptors (Lipinski definition) is 2. The first-order valence-corrected chi connectivity index (χ1v) is 6.60. The molecule has 0 atom stereocenters. The third kappa shape index (κ3) is 4.44. The Morgan fingerprint density at radius 3 is 2.43 bits per heavy atom. The van der Waals surface area contributed by atoms with E-state index >= 15 is 0 Å². The molecular formula is C10H11ClO2S. The van der Waals surface area contributed by atoms with Gasteiger partial charge in [0, 0.05) is 10.7 Å². The van der Waals surface area contributed by atoms with Gasteiger partial charge in [-0.25, -0.2) is 8.42 Å². The molecular weight excluding hydrogens is 220 g/mol. The Kier molecular flexibility index (Phi) is 3.72. The average molecular weight is 231 g/mol. The smallest absolute Gasteiger partial charge is 0.212 e. The monoisotopic (exact) mass is 230 g/mol. The molecule has 14 heavy (non-hydrogen) atoms. The molecule has 4 heteroatoms. The van der Waals surface area contributed by atoms with Crippen molar-refractivity contribution in [2.75, 3.05) is 5.75 Å². The predicted molar refractivity (Wildman–Crippen MR) is 59.7 cm³/mol. The van der Waals surface area contributed by atoms with Gasteiger partial charge in [0.2, 0.25) is 9.05 Å². The average Bonchev–Trinajstić information content (AvgIpc) is 2.02. The van der Waals surface area contributed by atoms with Crippen LogP contribution < -0.4 is 0 Å². The van der Waals surface area contributed by atoms with Crippen LogP contribution in [-0.2, 0) is 9.05 Å². The Bertz CT molecular complexity index is 421. The number of benzene rings is 1. The largest absolute Gasteiger partial charge is 0.236 e. The van der Waals surface area contributed by atoms with E-state index < -0.39 is 9.05 Å². The van der Waals surface area contributed by atoms with Gasteiger partial charge in [0.15, 0.2) is 0 Å². The molecule has 1 rings (SSSR count). The summed E-state index contributed by atoms with van der Waals surface area (Å²) >= 11 is 0. The van der Waals surface area contributed by atoms with Gasteiger partial charge >= 0.3 is 0 Å². The molecule has 0 saturated heterocycles. The molecule has 76 valence electrons. The van der Waals surface area contributed by atoms with Crippen LogP contribution in [0.3, 0.4) is 0 Å². The highest BCUT2D eigenvalue weighted by molar-refractivity contribution is 8.13. The maximum atomic E-state index is 10.8. The van der Waals surface area contributed by atoms with Gasteiger partial charge in [-0.05, 0) is 12.5 Å². The molecule has 0 heterocycles. The molecule has 0 N–H and O–H groups in total. The first-order chi connectivity index (χ1) is 6.47. The van der Waals surface area contributed by atoms with Crippen molar-refractivity contribution in [2.45, 2.75) is 6.92 Å². The molecule has 0 fully saturated rings. The van der Waals surface area contributed by atoms with Gasteiger partial charge in [-0.2, -0.15) is 0 Å². The van der Waals surface area contributed by atoms with Crippen LogP contribution in [0, 0.1) is 0 Å². The molecule has 0 amide bonds. The van der Waals surface area contributed by atoms with Crippen LogP contribution in [0.4, 0.5) is 0 Å². The van der Waals surface area contributed by atoms with E-state index in [1.165, 1.54) is 0 Å². The van der Waals surface area contributed by atoms with E-state index in [2.05, 4.69) is 0 Å². The first-order valence-electron chi connectivity index (χ1n) is 4.12. The lowest BCUT2D eigenvalue weighted by molar-refractivity contribution is 0.611. The molecule has 0 aliphatic carbocycles. The van der Waals surface area contributed by atoms with E-state index in [1.54, 1.807) is 13.0 Å². The molecule has 0 saturated carbocycles. The van der Waals surface area contributed by atoms with Crippen molar-refractivity contribution in [3.8, 4) is 0 Å². The van der Waals surface area contributed by atoms with Gasteiger partial charge in [-0.15, -0.1) is 0 Å². The van der Waals surface area contributed by atoms with Crippen LogP contribution in [0.1, 0.15) is 12.5 Å². The second-order valence-corrected chi connectivity index (χ2v) is 5.86. The SMILES string of the molecule is C/C(=C\c1ccccc1)CS(=O)(=O)Cl. The lowest BCUT2D eigenvalue weighted by atomic mass is 10.1. The molecule has 0 radical (unpaired) electrons. The van der Waals surface area contributed by atoms with Gasteiger partial charge < -0.3 is 0 Å². The Labute approximate surface area is 88.6 Å². The number of rotatable bonds is 3. The topological polar surface area (TPSA) is 34.1 Å². The van der Waals surface area contributed by atoms with Crippen molar-refractivity contribution in [1.29, 1.82) is 0 Å². The maximum Gasteiger partial charge on any atom is 0.236 e. The van der Waals surface area contributed by atoms with Crippen LogP contribution in [-0.4, -0.2) is 14.2 Å². The van der Waals surface area contributed by atoms with Crippen molar-refractivity contribution in [2.24, 2.45) is 0 Å². The second kappa shape index (κ2) is 4.62. The molecule has 2 nitrogen and oxygen atoms in total. The standard InChI is InChI=1S/C10H11ClO2S/c1-9(8-14(11,12)13)7-10-5-3-2-4-6-10/h2-7H,8H2,1H3/b9-7+. The van der Waals surface area contributed by atoms with Gasteiger partial charge in [-0.3, -0.25) is 0 Å². The van der Waals surface area contributed by atoms with Crippen LogP contribution in [0.15, 0.2) is 35.9 Å². The summed E-state index contributed by atoms with van der Waals surface area (Å²) in [6, 6.07) is 9.52. The van der Waals surface area contributed by atoms with Crippen molar-refractivity contribution < 1.29 is 8.42 Å². The first kappa shape index (κ1) is 11.3. The van der Waals surface area contributed by atoms with E-state index in [9.17, 15) is 8.42 Å². The van der Waals surface area contributed by atoms with Crippen molar-refractivity contribution >= 4 is 25.8 Å². The minimum atomic E-state index is -3.44. The number of hydrogen-bond donors (Lipinski definition) is 0. The summed E-state index contributed by atoms with van der Waals surface area (Å²) in [5.41, 5.74) is 1.71. The van der Waals surface area contributed by atoms with E-state index in [0.29, 0.717) is 0 Å². The molecule has 1 aromatic rings. The Morgan fingerprint density at radius 1 is 1.36 bits per heavy atom. The van der Waals surface area contributed by atoms with Crippen LogP contribution in [0.2, 0.25) is 0 Å². The third-order valence-electron chi connectivity index (χ3n) is 1.61. The molecule has 0 bridgehead atoms. The summed E-state index contributed by atoms with van der Waals surface area (Å²) in [4.78, 5) is 0. The van der Waals surface area contributed by atoms with Crippen LogP contribution in [0.25, 0.3) is 6.08 Å². The van der Waals surface area contributed by atoms with Gasteiger partial charge in [0.25, 0.3) is 0 Å². The summed E-state index contributed by atoms with van der Waals surface area (Å²) in [6.07, 6.45) is 1.81. The second-order valence-electron chi connectivity index (χ2n) is 3.08. The quantitative estimate of drug-likeness (QED) is 0.749. The fraction of sp³-hybridized carbons (Fsp3) is 0.200. The molecule has 0 aliphatic heterocycles. The Hall–Kier alpha value is -0.800. The van der Waals surface area contributed by atoms with E-state index in [1.807, 2.05) is 30.3 Å². The maximum absolute atomic E-state index is 10.8. The predicted octanol–water partition coefficient (Wildman–Crippen LogP) is 2.66. The van der Waals surface area contributed by atoms with Crippen molar-refractivity contribution in [3.63, 3.8) is 0 Å². The van der Waals surface area contributed by atoms with Crippen molar-refractivity contribution in [3.05, 3.63) is 41.5 Å². The zero-order valence-electron chi connectivity index (χ0n) is 7.77.